The number of nitrogens with one attached hydrogen (secondary N) is 1. The molecule has 0 bridgehead atoms. The number of nitrogens with two attached hydrogens (primary N) is 1. The second kappa shape index (κ2) is 5.47. The van der Waals surface area contributed by atoms with E-state index >= 15 is 0 Å². The summed E-state index contributed by atoms with van der Waals surface area (Å²) < 4.78 is 35.6. The molecule has 0 unspecified atom stereocenters. The summed E-state index contributed by atoms with van der Waals surface area (Å²) in [6.07, 6.45) is -4.45. The van der Waals surface area contributed by atoms with Crippen LogP contribution < -0.4 is 11.1 Å². The molecule has 1 heterocycles. The normalized spacial score (nSPS) is 11.3. The van der Waals surface area contributed by atoms with E-state index in [-0.39, 0.29) is 24.6 Å². The number of nitro groups is 1. The van der Waals surface area contributed by atoms with Gasteiger partial charge >= 0.3 is 11.9 Å². The van der Waals surface area contributed by atoms with Crippen LogP contribution in [-0.4, -0.2) is 27.6 Å². The topological polar surface area (TPSA) is 107 Å². The molecule has 1 aromatic heterocycles. The highest BCUT2D eigenvalue weighted by molar-refractivity contribution is 5.67. The summed E-state index contributed by atoms with van der Waals surface area (Å²) in [6.45, 7) is -0.100. The van der Waals surface area contributed by atoms with Crippen molar-refractivity contribution in [3.8, 4) is 0 Å². The molecule has 3 N–H and O–H groups in total. The molecule has 0 spiro atoms. The first-order valence-electron chi connectivity index (χ1n) is 4.87. The van der Waals surface area contributed by atoms with Gasteiger partial charge in [-0.05, 0) is 6.42 Å². The Morgan fingerprint density at radius 3 is 2.67 bits per heavy atom. The minimum atomic E-state index is -4.25. The fraction of sp³-hybridized carbons (Fsp3) is 0.500. The zero-order valence-electron chi connectivity index (χ0n) is 9.07. The number of alkyl halides is 3. The molecule has 0 saturated heterocycles. The highest BCUT2D eigenvalue weighted by Gasteiger charge is 2.26. The molecule has 1 rings (SSSR count). The molecule has 0 aliphatic heterocycles. The van der Waals surface area contributed by atoms with E-state index in [0.29, 0.717) is 0 Å². The van der Waals surface area contributed by atoms with Gasteiger partial charge in [0.25, 0.3) is 0 Å². The number of rotatable bonds is 5. The lowest BCUT2D eigenvalue weighted by molar-refractivity contribution is -0.383. The largest absolute Gasteiger partial charge is 0.389 e. The third-order valence-electron chi connectivity index (χ3n) is 1.96. The van der Waals surface area contributed by atoms with Gasteiger partial charge in [0.1, 0.15) is 6.33 Å². The molecule has 0 aromatic carbocycles. The standard InChI is InChI=1S/C8H10F3N5O2/c9-8(10,11)2-1-3-13-7-5(16(17)18)6(12)14-4-15-7/h4H,1-3H2,(H3,12,13,14,15). The second-order valence-electron chi connectivity index (χ2n) is 3.36. The molecular formula is C8H10F3N5O2. The van der Waals surface area contributed by atoms with Gasteiger partial charge in [0.05, 0.1) is 4.92 Å². The number of nitrogens with zero attached hydrogens (tertiary/aromatic N) is 3. The van der Waals surface area contributed by atoms with E-state index < -0.39 is 23.2 Å². The van der Waals surface area contributed by atoms with Crippen molar-refractivity contribution in [1.29, 1.82) is 0 Å². The van der Waals surface area contributed by atoms with Crippen molar-refractivity contribution in [2.75, 3.05) is 17.6 Å². The first-order chi connectivity index (χ1) is 8.31. The molecular weight excluding hydrogens is 255 g/mol. The molecule has 100 valence electrons. The Hall–Kier alpha value is -2.13. The van der Waals surface area contributed by atoms with Crippen molar-refractivity contribution in [3.63, 3.8) is 0 Å². The van der Waals surface area contributed by atoms with Crippen LogP contribution in [-0.2, 0) is 0 Å². The van der Waals surface area contributed by atoms with Crippen molar-refractivity contribution in [2.24, 2.45) is 0 Å². The van der Waals surface area contributed by atoms with Gasteiger partial charge in [-0.2, -0.15) is 13.2 Å². The van der Waals surface area contributed by atoms with Gasteiger partial charge < -0.3 is 11.1 Å². The molecule has 18 heavy (non-hydrogen) atoms. The summed E-state index contributed by atoms with van der Waals surface area (Å²) in [5.74, 6) is -0.525. The van der Waals surface area contributed by atoms with E-state index in [1.165, 1.54) is 0 Å². The van der Waals surface area contributed by atoms with Gasteiger partial charge in [-0.25, -0.2) is 9.97 Å². The first kappa shape index (κ1) is 13.9. The molecule has 10 heteroatoms. The Labute approximate surface area is 99.4 Å². The van der Waals surface area contributed by atoms with Crippen LogP contribution in [0.4, 0.5) is 30.5 Å². The molecule has 0 atom stereocenters. The van der Waals surface area contributed by atoms with Crippen LogP contribution in [0.2, 0.25) is 0 Å². The molecule has 0 radical (unpaired) electrons. The van der Waals surface area contributed by atoms with Crippen LogP contribution in [0.25, 0.3) is 0 Å². The zero-order chi connectivity index (χ0) is 13.8. The SMILES string of the molecule is Nc1ncnc(NCCCC(F)(F)F)c1[N+](=O)[O-]. The first-order valence-corrected chi connectivity index (χ1v) is 4.87. The van der Waals surface area contributed by atoms with Crippen molar-refractivity contribution in [1.82, 2.24) is 9.97 Å². The summed E-state index contributed by atoms with van der Waals surface area (Å²) in [4.78, 5) is 16.9. The van der Waals surface area contributed by atoms with Crippen LogP contribution in [0.3, 0.4) is 0 Å². The van der Waals surface area contributed by atoms with Gasteiger partial charge in [-0.3, -0.25) is 10.1 Å². The minimum absolute atomic E-state index is 0.100. The number of aromatic nitrogens is 2. The second-order valence-corrected chi connectivity index (χ2v) is 3.36. The minimum Gasteiger partial charge on any atom is -0.378 e. The Morgan fingerprint density at radius 1 is 1.44 bits per heavy atom. The predicted molar refractivity (Wildman–Crippen MR) is 56.9 cm³/mol. The van der Waals surface area contributed by atoms with Gasteiger partial charge in [0, 0.05) is 13.0 Å². The van der Waals surface area contributed by atoms with Gasteiger partial charge in [-0.1, -0.05) is 0 Å². The van der Waals surface area contributed by atoms with E-state index in [1.807, 2.05) is 0 Å². The lowest BCUT2D eigenvalue weighted by atomic mass is 10.3. The van der Waals surface area contributed by atoms with E-state index in [0.717, 1.165) is 6.33 Å². The Morgan fingerprint density at radius 2 is 2.11 bits per heavy atom. The smallest absolute Gasteiger partial charge is 0.378 e. The van der Waals surface area contributed by atoms with Crippen molar-refractivity contribution in [3.05, 3.63) is 16.4 Å². The number of nitrogen functional groups attached to an aromatic ring is 1. The number of halogens is 3. The van der Waals surface area contributed by atoms with Crippen LogP contribution in [0.15, 0.2) is 6.33 Å². The number of anilines is 2. The van der Waals surface area contributed by atoms with E-state index in [2.05, 4.69) is 15.3 Å². The predicted octanol–water partition coefficient (Wildman–Crippen LogP) is 1.72. The third kappa shape index (κ3) is 4.03. The average Bonchev–Trinajstić information content (AvgIpc) is 2.22. The monoisotopic (exact) mass is 265 g/mol. The Kier molecular flexibility index (Phi) is 4.23. The van der Waals surface area contributed by atoms with Gasteiger partial charge in [0.15, 0.2) is 0 Å². The molecule has 0 amide bonds. The van der Waals surface area contributed by atoms with E-state index in [9.17, 15) is 23.3 Å². The molecule has 0 fully saturated rings. The Bertz CT molecular complexity index is 437. The highest BCUT2D eigenvalue weighted by Crippen LogP contribution is 2.26. The molecule has 0 aliphatic carbocycles. The summed E-state index contributed by atoms with van der Waals surface area (Å²) in [5.41, 5.74) is 4.75. The van der Waals surface area contributed by atoms with Crippen LogP contribution >= 0.6 is 0 Å². The average molecular weight is 265 g/mol. The van der Waals surface area contributed by atoms with Crippen LogP contribution in [0.1, 0.15) is 12.8 Å². The van der Waals surface area contributed by atoms with Crippen molar-refractivity contribution < 1.29 is 18.1 Å². The highest BCUT2D eigenvalue weighted by atomic mass is 19.4. The van der Waals surface area contributed by atoms with Gasteiger partial charge in [-0.15, -0.1) is 0 Å². The summed E-state index contributed by atoms with van der Waals surface area (Å²) in [6, 6.07) is 0. The molecule has 0 aliphatic rings. The van der Waals surface area contributed by atoms with Crippen LogP contribution in [0.5, 0.6) is 0 Å². The summed E-state index contributed by atoms with van der Waals surface area (Å²) in [5, 5.41) is 13.1. The maximum atomic E-state index is 11.9. The summed E-state index contributed by atoms with van der Waals surface area (Å²) >= 11 is 0. The molecule has 7 nitrogen and oxygen atoms in total. The van der Waals surface area contributed by atoms with Gasteiger partial charge in [0.2, 0.25) is 11.6 Å². The van der Waals surface area contributed by atoms with Crippen molar-refractivity contribution >= 4 is 17.3 Å². The fourth-order valence-corrected chi connectivity index (χ4v) is 1.20. The number of hydrogen-bond donors (Lipinski definition) is 2. The fourth-order valence-electron chi connectivity index (χ4n) is 1.20. The van der Waals surface area contributed by atoms with E-state index in [1.54, 1.807) is 0 Å². The Balaban J connectivity index is 2.63. The molecule has 0 saturated carbocycles. The number of hydrogen-bond acceptors (Lipinski definition) is 6. The van der Waals surface area contributed by atoms with E-state index in [4.69, 9.17) is 5.73 Å². The van der Waals surface area contributed by atoms with Crippen molar-refractivity contribution in [2.45, 2.75) is 19.0 Å². The third-order valence-corrected chi connectivity index (χ3v) is 1.96. The quantitative estimate of drug-likeness (QED) is 0.477. The lowest BCUT2D eigenvalue weighted by Crippen LogP contribution is -2.13. The zero-order valence-corrected chi connectivity index (χ0v) is 9.07. The maximum Gasteiger partial charge on any atom is 0.389 e. The lowest BCUT2D eigenvalue weighted by Gasteiger charge is -2.08. The molecule has 1 aromatic rings. The summed E-state index contributed by atoms with van der Waals surface area (Å²) in [7, 11) is 0. The van der Waals surface area contributed by atoms with Crippen LogP contribution in [0, 0.1) is 10.1 Å². The maximum absolute atomic E-state index is 11.9.